The molecule has 0 aromatic heterocycles. The summed E-state index contributed by atoms with van der Waals surface area (Å²) in [7, 11) is 0. The molecule has 1 aromatic rings. The van der Waals surface area contributed by atoms with Crippen LogP contribution in [0.2, 0.25) is 0 Å². The SMILES string of the molecule is Cl.Nc1cccc(CC(=O)N2CCC(N3CCCCC3)CC2)c1. The summed E-state index contributed by atoms with van der Waals surface area (Å²) in [5.41, 5.74) is 7.53. The lowest BCUT2D eigenvalue weighted by atomic mass is 9.99. The largest absolute Gasteiger partial charge is 0.399 e. The molecule has 2 heterocycles. The van der Waals surface area contributed by atoms with E-state index in [-0.39, 0.29) is 18.3 Å². The fraction of sp³-hybridized carbons (Fsp3) is 0.611. The quantitative estimate of drug-likeness (QED) is 0.863. The molecule has 1 aromatic carbocycles. The average Bonchev–Trinajstić information content (AvgIpc) is 2.56. The summed E-state index contributed by atoms with van der Waals surface area (Å²) in [5.74, 6) is 0.239. The van der Waals surface area contributed by atoms with Gasteiger partial charge < -0.3 is 15.5 Å². The van der Waals surface area contributed by atoms with Gasteiger partial charge in [-0.15, -0.1) is 12.4 Å². The van der Waals surface area contributed by atoms with Gasteiger partial charge in [0.15, 0.2) is 0 Å². The Morgan fingerprint density at radius 1 is 1.09 bits per heavy atom. The summed E-state index contributed by atoms with van der Waals surface area (Å²) in [5, 5.41) is 0. The van der Waals surface area contributed by atoms with Gasteiger partial charge in [0.05, 0.1) is 6.42 Å². The Kier molecular flexibility index (Phi) is 6.72. The molecule has 23 heavy (non-hydrogen) atoms. The minimum Gasteiger partial charge on any atom is -0.399 e. The van der Waals surface area contributed by atoms with Crippen molar-refractivity contribution in [2.24, 2.45) is 0 Å². The molecule has 128 valence electrons. The van der Waals surface area contributed by atoms with Crippen molar-refractivity contribution in [3.63, 3.8) is 0 Å². The number of piperidine rings is 2. The maximum atomic E-state index is 12.4. The third kappa shape index (κ3) is 4.85. The molecule has 0 spiro atoms. The molecule has 4 nitrogen and oxygen atoms in total. The van der Waals surface area contributed by atoms with Crippen LogP contribution < -0.4 is 5.73 Å². The molecule has 0 unspecified atom stereocenters. The highest BCUT2D eigenvalue weighted by molar-refractivity contribution is 5.85. The van der Waals surface area contributed by atoms with Gasteiger partial charge >= 0.3 is 0 Å². The first kappa shape index (κ1) is 18.1. The number of nitrogens with two attached hydrogens (primary N) is 1. The topological polar surface area (TPSA) is 49.6 Å². The first-order valence-corrected chi connectivity index (χ1v) is 8.58. The zero-order valence-corrected chi connectivity index (χ0v) is 14.6. The fourth-order valence-electron chi connectivity index (χ4n) is 3.75. The molecular weight excluding hydrogens is 310 g/mol. The summed E-state index contributed by atoms with van der Waals surface area (Å²) < 4.78 is 0. The van der Waals surface area contributed by atoms with Crippen molar-refractivity contribution in [1.29, 1.82) is 0 Å². The summed E-state index contributed by atoms with van der Waals surface area (Å²) in [6.07, 6.45) is 6.79. The standard InChI is InChI=1S/C18H27N3O.ClH/c19-16-6-4-5-15(13-16)14-18(22)21-11-7-17(8-12-21)20-9-2-1-3-10-20;/h4-6,13,17H,1-3,7-12,14,19H2;1H. The van der Waals surface area contributed by atoms with E-state index in [9.17, 15) is 4.79 Å². The van der Waals surface area contributed by atoms with E-state index in [1.54, 1.807) is 0 Å². The van der Waals surface area contributed by atoms with Crippen molar-refractivity contribution in [1.82, 2.24) is 9.80 Å². The monoisotopic (exact) mass is 337 g/mol. The molecule has 1 amide bonds. The van der Waals surface area contributed by atoms with Crippen molar-refractivity contribution in [3.8, 4) is 0 Å². The number of hydrogen-bond donors (Lipinski definition) is 1. The van der Waals surface area contributed by atoms with Crippen molar-refractivity contribution >= 4 is 24.0 Å². The first-order valence-electron chi connectivity index (χ1n) is 8.58. The molecule has 3 rings (SSSR count). The molecule has 2 aliphatic heterocycles. The van der Waals surface area contributed by atoms with E-state index in [1.807, 2.05) is 29.2 Å². The number of nitrogens with zero attached hydrogens (tertiary/aromatic N) is 2. The van der Waals surface area contributed by atoms with E-state index in [0.717, 1.165) is 37.2 Å². The number of benzene rings is 1. The average molecular weight is 338 g/mol. The predicted octanol–water partition coefficient (Wildman–Crippen LogP) is 2.71. The lowest BCUT2D eigenvalue weighted by Crippen LogP contribution is -2.48. The molecule has 0 bridgehead atoms. The Balaban J connectivity index is 0.00000192. The molecule has 0 atom stereocenters. The third-order valence-corrected chi connectivity index (χ3v) is 5.03. The zero-order valence-electron chi connectivity index (χ0n) is 13.7. The van der Waals surface area contributed by atoms with E-state index < -0.39 is 0 Å². The van der Waals surface area contributed by atoms with Gasteiger partial charge in [-0.25, -0.2) is 0 Å². The minimum absolute atomic E-state index is 0. The van der Waals surface area contributed by atoms with E-state index in [1.165, 1.54) is 32.4 Å². The highest BCUT2D eigenvalue weighted by Crippen LogP contribution is 2.21. The highest BCUT2D eigenvalue weighted by atomic mass is 35.5. The molecule has 2 N–H and O–H groups in total. The van der Waals surface area contributed by atoms with E-state index >= 15 is 0 Å². The molecule has 0 saturated carbocycles. The Morgan fingerprint density at radius 3 is 2.43 bits per heavy atom. The number of hydrogen-bond acceptors (Lipinski definition) is 3. The number of likely N-dealkylation sites (tertiary alicyclic amines) is 2. The number of carbonyl (C=O) groups is 1. The Morgan fingerprint density at radius 2 is 1.78 bits per heavy atom. The molecule has 2 aliphatic rings. The van der Waals surface area contributed by atoms with Crippen LogP contribution in [-0.2, 0) is 11.2 Å². The van der Waals surface area contributed by atoms with Crippen LogP contribution in [-0.4, -0.2) is 47.9 Å². The van der Waals surface area contributed by atoms with Crippen LogP contribution in [0.5, 0.6) is 0 Å². The molecular formula is C18H28ClN3O. The van der Waals surface area contributed by atoms with Gasteiger partial charge in [0.25, 0.3) is 0 Å². The lowest BCUT2D eigenvalue weighted by Gasteiger charge is -2.40. The molecule has 5 heteroatoms. The first-order chi connectivity index (χ1) is 10.7. The van der Waals surface area contributed by atoms with Crippen molar-refractivity contribution in [2.75, 3.05) is 31.9 Å². The van der Waals surface area contributed by atoms with Gasteiger partial charge in [-0.05, 0) is 56.5 Å². The summed E-state index contributed by atoms with van der Waals surface area (Å²) >= 11 is 0. The zero-order chi connectivity index (χ0) is 15.4. The van der Waals surface area contributed by atoms with Crippen molar-refractivity contribution in [3.05, 3.63) is 29.8 Å². The predicted molar refractivity (Wildman–Crippen MR) is 96.8 cm³/mol. The second-order valence-corrected chi connectivity index (χ2v) is 6.63. The minimum atomic E-state index is 0. The second kappa shape index (κ2) is 8.55. The second-order valence-electron chi connectivity index (χ2n) is 6.63. The number of carbonyl (C=O) groups excluding carboxylic acids is 1. The van der Waals surface area contributed by atoms with Gasteiger partial charge in [-0.1, -0.05) is 18.6 Å². The number of nitrogen functional groups attached to an aromatic ring is 1. The number of rotatable bonds is 3. The van der Waals surface area contributed by atoms with Crippen LogP contribution in [0, 0.1) is 0 Å². The van der Waals surface area contributed by atoms with Gasteiger partial charge in [0.2, 0.25) is 5.91 Å². The van der Waals surface area contributed by atoms with Gasteiger partial charge in [0.1, 0.15) is 0 Å². The van der Waals surface area contributed by atoms with Gasteiger partial charge in [-0.2, -0.15) is 0 Å². The molecule has 2 saturated heterocycles. The van der Waals surface area contributed by atoms with E-state index in [0.29, 0.717) is 12.5 Å². The third-order valence-electron chi connectivity index (χ3n) is 5.03. The number of halogens is 1. The van der Waals surface area contributed by atoms with Gasteiger partial charge in [0, 0.05) is 24.8 Å². The van der Waals surface area contributed by atoms with Crippen LogP contribution in [0.1, 0.15) is 37.7 Å². The summed E-state index contributed by atoms with van der Waals surface area (Å²) in [4.78, 5) is 17.1. The van der Waals surface area contributed by atoms with Crippen LogP contribution in [0.25, 0.3) is 0 Å². The Hall–Kier alpha value is -1.26. The maximum absolute atomic E-state index is 12.4. The van der Waals surface area contributed by atoms with Crippen LogP contribution in [0.4, 0.5) is 5.69 Å². The molecule has 2 fully saturated rings. The summed E-state index contributed by atoms with van der Waals surface area (Å²) in [6.45, 7) is 4.31. The van der Waals surface area contributed by atoms with E-state index in [2.05, 4.69) is 4.90 Å². The number of anilines is 1. The normalized spacial score (nSPS) is 20.1. The smallest absolute Gasteiger partial charge is 0.226 e. The van der Waals surface area contributed by atoms with Crippen LogP contribution >= 0.6 is 12.4 Å². The fourth-order valence-corrected chi connectivity index (χ4v) is 3.75. The van der Waals surface area contributed by atoms with Crippen LogP contribution in [0.3, 0.4) is 0 Å². The Labute approximate surface area is 145 Å². The maximum Gasteiger partial charge on any atom is 0.226 e. The van der Waals surface area contributed by atoms with Crippen molar-refractivity contribution < 1.29 is 4.79 Å². The van der Waals surface area contributed by atoms with Crippen LogP contribution in [0.15, 0.2) is 24.3 Å². The molecule has 0 aliphatic carbocycles. The van der Waals surface area contributed by atoms with Gasteiger partial charge in [-0.3, -0.25) is 4.79 Å². The molecule has 0 radical (unpaired) electrons. The van der Waals surface area contributed by atoms with Crippen molar-refractivity contribution in [2.45, 2.75) is 44.6 Å². The van der Waals surface area contributed by atoms with E-state index in [4.69, 9.17) is 5.73 Å². The highest BCUT2D eigenvalue weighted by Gasteiger charge is 2.27. The Bertz CT molecular complexity index is 509. The summed E-state index contributed by atoms with van der Waals surface area (Å²) in [6, 6.07) is 8.35. The lowest BCUT2D eigenvalue weighted by molar-refractivity contribution is -0.132. The number of amides is 1.